The lowest BCUT2D eigenvalue weighted by Crippen LogP contribution is -2.23. The van der Waals surface area contributed by atoms with E-state index >= 15 is 0 Å². The Morgan fingerprint density at radius 3 is 2.66 bits per heavy atom. The zero-order valence-electron chi connectivity index (χ0n) is 18.0. The summed E-state index contributed by atoms with van der Waals surface area (Å²) in [6, 6.07) is 10.2. The van der Waals surface area contributed by atoms with Crippen LogP contribution in [0.4, 0.5) is 11.5 Å². The normalized spacial score (nSPS) is 15.4. The number of aromatic nitrogens is 1. The molecule has 0 spiro atoms. The number of carbonyl (C=O) groups is 1. The van der Waals surface area contributed by atoms with Gasteiger partial charge < -0.3 is 15.1 Å². The molecule has 7 nitrogen and oxygen atoms in total. The topological polar surface area (TPSA) is 102 Å². The molecule has 1 unspecified atom stereocenters. The maximum Gasteiger partial charge on any atom is 0.232 e. The third kappa shape index (κ3) is 5.46. The van der Waals surface area contributed by atoms with Crippen LogP contribution < -0.4 is 4.90 Å². The number of nitriles is 1. The van der Waals surface area contributed by atoms with Gasteiger partial charge in [-0.2, -0.15) is 5.26 Å². The summed E-state index contributed by atoms with van der Waals surface area (Å²) < 4.78 is 0. The third-order valence-electron chi connectivity index (χ3n) is 5.53. The Kier molecular flexibility index (Phi) is 8.24. The Morgan fingerprint density at radius 2 is 2.09 bits per heavy atom. The molecule has 2 N–H and O–H groups in total. The van der Waals surface area contributed by atoms with Crippen molar-refractivity contribution in [2.45, 2.75) is 49.5 Å². The molecular formula is C24H26N4O3S. The minimum atomic E-state index is -0.432. The number of hydrogen-bond donors (Lipinski definition) is 2. The molecule has 1 aromatic carbocycles. The van der Waals surface area contributed by atoms with Crippen molar-refractivity contribution in [3.05, 3.63) is 57.9 Å². The molecule has 1 saturated heterocycles. The van der Waals surface area contributed by atoms with Crippen LogP contribution in [-0.2, 0) is 23.4 Å². The van der Waals surface area contributed by atoms with Crippen molar-refractivity contribution in [2.24, 2.45) is 0 Å². The van der Waals surface area contributed by atoms with Gasteiger partial charge in [-0.15, -0.1) is 11.8 Å². The lowest BCUT2D eigenvalue weighted by Gasteiger charge is -2.22. The molecule has 0 saturated carbocycles. The summed E-state index contributed by atoms with van der Waals surface area (Å²) in [5.74, 6) is 0.995. The Balaban J connectivity index is 1.82. The fourth-order valence-corrected chi connectivity index (χ4v) is 4.70. The number of carbonyl (C=O) groups excluding carboxylic acids is 1. The smallest absolute Gasteiger partial charge is 0.232 e. The van der Waals surface area contributed by atoms with E-state index in [-0.39, 0.29) is 5.78 Å². The predicted octanol–water partition coefficient (Wildman–Crippen LogP) is 3.42. The van der Waals surface area contributed by atoms with Gasteiger partial charge >= 0.3 is 0 Å². The monoisotopic (exact) mass is 450 g/mol. The van der Waals surface area contributed by atoms with Gasteiger partial charge in [-0.05, 0) is 36.0 Å². The highest BCUT2D eigenvalue weighted by Crippen LogP contribution is 2.39. The Hall–Kier alpha value is -2.91. The van der Waals surface area contributed by atoms with Gasteiger partial charge in [0.05, 0.1) is 18.2 Å². The van der Waals surface area contributed by atoms with Gasteiger partial charge in [-0.3, -0.25) is 4.79 Å². The van der Waals surface area contributed by atoms with E-state index in [0.717, 1.165) is 11.1 Å². The Labute approximate surface area is 192 Å². The average Bonchev–Trinajstić information content (AvgIpc) is 3.26. The molecule has 3 rings (SSSR count). The van der Waals surface area contributed by atoms with Crippen molar-refractivity contribution in [3.8, 4) is 6.07 Å². The summed E-state index contributed by atoms with van der Waals surface area (Å²) in [6.45, 7) is 10.2. The van der Waals surface area contributed by atoms with Crippen molar-refractivity contribution >= 4 is 29.1 Å². The summed E-state index contributed by atoms with van der Waals surface area (Å²) >= 11 is 1.46. The molecular weight excluding hydrogens is 424 g/mol. The zero-order valence-corrected chi connectivity index (χ0v) is 18.9. The number of anilines is 1. The number of thioether (sulfide) groups is 1. The molecule has 1 atom stereocenters. The number of Topliss-reactive ketones (excluding diaryl/α,β-unsaturated/α-hetero) is 1. The van der Waals surface area contributed by atoms with E-state index in [1.165, 1.54) is 11.8 Å². The second kappa shape index (κ2) is 11.1. The first kappa shape index (κ1) is 23.7. The van der Waals surface area contributed by atoms with E-state index in [0.29, 0.717) is 72.2 Å². The summed E-state index contributed by atoms with van der Waals surface area (Å²) in [6.07, 6.45) is 1.68. The van der Waals surface area contributed by atoms with Crippen LogP contribution in [0.25, 0.3) is 4.85 Å². The highest BCUT2D eigenvalue weighted by atomic mass is 32.2. The van der Waals surface area contributed by atoms with Crippen LogP contribution in [0.1, 0.15) is 42.0 Å². The van der Waals surface area contributed by atoms with Crippen LogP contribution >= 0.6 is 11.8 Å². The van der Waals surface area contributed by atoms with Gasteiger partial charge in [0.2, 0.25) is 5.69 Å². The fourth-order valence-electron chi connectivity index (χ4n) is 3.74. The van der Waals surface area contributed by atoms with Crippen LogP contribution in [0.5, 0.6) is 0 Å². The van der Waals surface area contributed by atoms with Crippen LogP contribution in [0.3, 0.4) is 0 Å². The number of rotatable bonds is 9. The van der Waals surface area contributed by atoms with Gasteiger partial charge in [-0.1, -0.05) is 31.2 Å². The largest absolute Gasteiger partial charge is 0.391 e. The number of aliphatic hydroxyl groups is 2. The molecule has 1 aliphatic heterocycles. The molecule has 32 heavy (non-hydrogen) atoms. The van der Waals surface area contributed by atoms with E-state index in [4.69, 9.17) is 16.7 Å². The van der Waals surface area contributed by atoms with E-state index in [9.17, 15) is 15.2 Å². The molecule has 166 valence electrons. The summed E-state index contributed by atoms with van der Waals surface area (Å²) in [7, 11) is 0. The number of benzene rings is 1. The fraction of sp³-hybridized carbons (Fsp3) is 0.417. The van der Waals surface area contributed by atoms with Gasteiger partial charge in [0.15, 0.2) is 5.78 Å². The molecule has 2 heterocycles. The minimum absolute atomic E-state index is 0.171. The molecule has 0 amide bonds. The van der Waals surface area contributed by atoms with Crippen molar-refractivity contribution in [2.75, 3.05) is 24.6 Å². The van der Waals surface area contributed by atoms with Crippen molar-refractivity contribution < 1.29 is 15.0 Å². The first-order valence-corrected chi connectivity index (χ1v) is 11.6. The molecule has 8 heteroatoms. The highest BCUT2D eigenvalue weighted by molar-refractivity contribution is 7.98. The standard InChI is InChI=1S/C24H26N4O3S/c1-3-20-21(12-25)24(27-23(22(20)26-2)28-11-10-18(30)13-28)32-15-17-6-4-16(5-7-17)8-9-19(31)14-29/h4-7,18,29-30H,3,8-11,13-15H2,1H3. The number of ketones is 1. The van der Waals surface area contributed by atoms with Crippen molar-refractivity contribution in [1.82, 2.24) is 4.98 Å². The first-order chi connectivity index (χ1) is 15.5. The zero-order chi connectivity index (χ0) is 23.1. The second-order valence-corrected chi connectivity index (χ2v) is 8.67. The molecule has 1 fully saturated rings. The van der Waals surface area contributed by atoms with Crippen LogP contribution in [0.15, 0.2) is 29.3 Å². The number of pyridine rings is 1. The number of hydrogen-bond acceptors (Lipinski definition) is 7. The predicted molar refractivity (Wildman–Crippen MR) is 124 cm³/mol. The van der Waals surface area contributed by atoms with Crippen LogP contribution in [0, 0.1) is 17.9 Å². The quantitative estimate of drug-likeness (QED) is 0.446. The van der Waals surface area contributed by atoms with E-state index < -0.39 is 12.7 Å². The number of nitrogens with zero attached hydrogens (tertiary/aromatic N) is 4. The first-order valence-electron chi connectivity index (χ1n) is 10.6. The van der Waals surface area contributed by atoms with Gasteiger partial charge in [0.25, 0.3) is 0 Å². The second-order valence-electron chi connectivity index (χ2n) is 7.71. The number of β-amino-alcohol motifs (C(OH)–C–C–N with tert-alkyl or cyclic N) is 1. The van der Waals surface area contributed by atoms with Crippen LogP contribution in [0.2, 0.25) is 0 Å². The van der Waals surface area contributed by atoms with Gasteiger partial charge in [0.1, 0.15) is 23.5 Å². The van der Waals surface area contributed by atoms with Crippen molar-refractivity contribution in [1.29, 1.82) is 5.26 Å². The van der Waals surface area contributed by atoms with Crippen molar-refractivity contribution in [3.63, 3.8) is 0 Å². The molecule has 1 aromatic heterocycles. The van der Waals surface area contributed by atoms with E-state index in [1.807, 2.05) is 36.1 Å². The molecule has 0 aliphatic carbocycles. The van der Waals surface area contributed by atoms with Crippen LogP contribution in [-0.4, -0.2) is 46.8 Å². The molecule has 1 aliphatic rings. The summed E-state index contributed by atoms with van der Waals surface area (Å²) in [5.41, 5.74) is 3.65. The number of aliphatic hydroxyl groups excluding tert-OH is 2. The van der Waals surface area contributed by atoms with E-state index in [2.05, 4.69) is 10.9 Å². The Morgan fingerprint density at radius 1 is 1.38 bits per heavy atom. The van der Waals surface area contributed by atoms with E-state index in [1.54, 1.807) is 0 Å². The third-order valence-corrected chi connectivity index (χ3v) is 6.57. The minimum Gasteiger partial charge on any atom is -0.391 e. The summed E-state index contributed by atoms with van der Waals surface area (Å²) in [4.78, 5) is 21.6. The molecule has 2 aromatic rings. The lowest BCUT2D eigenvalue weighted by atomic mass is 10.1. The number of aryl methyl sites for hydroxylation is 1. The lowest BCUT2D eigenvalue weighted by molar-refractivity contribution is -0.121. The van der Waals surface area contributed by atoms with Gasteiger partial charge in [0, 0.05) is 25.3 Å². The maximum atomic E-state index is 11.3. The molecule has 0 radical (unpaired) electrons. The summed E-state index contributed by atoms with van der Waals surface area (Å²) in [5, 5.41) is 29.2. The van der Waals surface area contributed by atoms with Gasteiger partial charge in [-0.25, -0.2) is 9.83 Å². The SMILES string of the molecule is [C-]#[N+]c1c(N2CCC(O)C2)nc(SCc2ccc(CCC(=O)CO)cc2)c(C#N)c1CC. The highest BCUT2D eigenvalue weighted by Gasteiger charge is 2.27. The molecule has 0 bridgehead atoms. The maximum absolute atomic E-state index is 11.3. The average molecular weight is 451 g/mol. The Bertz CT molecular complexity index is 1060.